The summed E-state index contributed by atoms with van der Waals surface area (Å²) in [6, 6.07) is 5.36. The zero-order chi connectivity index (χ0) is 15.8. The SMILES string of the molecule is CCNC(=O)CN(C)C(=O)c1cccc(C#CCN)c1C. The molecular formula is C16H21N3O2. The number of nitrogens with one attached hydrogen (secondary N) is 1. The Balaban J connectivity index is 2.94. The van der Waals surface area contributed by atoms with Crippen LogP contribution in [0.25, 0.3) is 0 Å². The Morgan fingerprint density at radius 3 is 2.71 bits per heavy atom. The third kappa shape index (κ3) is 4.62. The summed E-state index contributed by atoms with van der Waals surface area (Å²) in [5.41, 5.74) is 7.48. The van der Waals surface area contributed by atoms with E-state index in [1.807, 2.05) is 19.9 Å². The average molecular weight is 287 g/mol. The van der Waals surface area contributed by atoms with Gasteiger partial charge in [-0.3, -0.25) is 9.59 Å². The molecule has 0 unspecified atom stereocenters. The van der Waals surface area contributed by atoms with E-state index in [0.29, 0.717) is 12.1 Å². The Kier molecular flexibility index (Phi) is 6.44. The standard InChI is InChI=1S/C16H21N3O2/c1-4-18-15(20)11-19(3)16(21)14-9-5-7-13(12(14)2)8-6-10-17/h5,7,9H,4,10-11,17H2,1-3H3,(H,18,20). The highest BCUT2D eigenvalue weighted by atomic mass is 16.2. The third-order valence-corrected chi connectivity index (χ3v) is 2.99. The molecule has 0 aliphatic rings. The summed E-state index contributed by atoms with van der Waals surface area (Å²) in [6.45, 7) is 4.53. The number of amides is 2. The van der Waals surface area contributed by atoms with E-state index in [9.17, 15) is 9.59 Å². The summed E-state index contributed by atoms with van der Waals surface area (Å²) in [5.74, 6) is 5.35. The molecule has 3 N–H and O–H groups in total. The van der Waals surface area contributed by atoms with Crippen LogP contribution in [0.1, 0.15) is 28.4 Å². The van der Waals surface area contributed by atoms with Gasteiger partial charge in [-0.1, -0.05) is 17.9 Å². The summed E-state index contributed by atoms with van der Waals surface area (Å²) < 4.78 is 0. The van der Waals surface area contributed by atoms with Gasteiger partial charge >= 0.3 is 0 Å². The van der Waals surface area contributed by atoms with Gasteiger partial charge in [0.25, 0.3) is 5.91 Å². The second kappa shape index (κ2) is 8.08. The van der Waals surface area contributed by atoms with Crippen LogP contribution in [0.4, 0.5) is 0 Å². The molecule has 112 valence electrons. The third-order valence-electron chi connectivity index (χ3n) is 2.99. The lowest BCUT2D eigenvalue weighted by molar-refractivity contribution is -0.121. The fraction of sp³-hybridized carbons (Fsp3) is 0.375. The highest BCUT2D eigenvalue weighted by Crippen LogP contribution is 2.14. The van der Waals surface area contributed by atoms with Crippen molar-refractivity contribution in [3.63, 3.8) is 0 Å². The zero-order valence-electron chi connectivity index (χ0n) is 12.7. The van der Waals surface area contributed by atoms with Crippen LogP contribution in [0, 0.1) is 18.8 Å². The number of likely N-dealkylation sites (N-methyl/N-ethyl adjacent to an activating group) is 2. The lowest BCUT2D eigenvalue weighted by Crippen LogP contribution is -2.38. The van der Waals surface area contributed by atoms with E-state index in [-0.39, 0.29) is 24.9 Å². The molecule has 0 saturated carbocycles. The topological polar surface area (TPSA) is 75.4 Å². The molecule has 0 heterocycles. The first-order valence-corrected chi connectivity index (χ1v) is 6.82. The van der Waals surface area contributed by atoms with Gasteiger partial charge in [-0.2, -0.15) is 0 Å². The molecule has 0 atom stereocenters. The Hall–Kier alpha value is -2.32. The van der Waals surface area contributed by atoms with E-state index in [2.05, 4.69) is 17.2 Å². The van der Waals surface area contributed by atoms with Crippen LogP contribution in [0.5, 0.6) is 0 Å². The summed E-state index contributed by atoms with van der Waals surface area (Å²) in [6.07, 6.45) is 0. The van der Waals surface area contributed by atoms with Crippen molar-refractivity contribution < 1.29 is 9.59 Å². The molecule has 0 aliphatic carbocycles. The Morgan fingerprint density at radius 1 is 1.38 bits per heavy atom. The maximum absolute atomic E-state index is 12.4. The van der Waals surface area contributed by atoms with E-state index in [0.717, 1.165) is 11.1 Å². The van der Waals surface area contributed by atoms with Crippen LogP contribution in [0.3, 0.4) is 0 Å². The van der Waals surface area contributed by atoms with E-state index in [1.54, 1.807) is 19.2 Å². The fourth-order valence-corrected chi connectivity index (χ4v) is 1.89. The van der Waals surface area contributed by atoms with Gasteiger partial charge in [0.1, 0.15) is 0 Å². The van der Waals surface area contributed by atoms with Crippen LogP contribution >= 0.6 is 0 Å². The lowest BCUT2D eigenvalue weighted by Gasteiger charge is -2.18. The minimum Gasteiger partial charge on any atom is -0.355 e. The summed E-state index contributed by atoms with van der Waals surface area (Å²) in [4.78, 5) is 25.3. The fourth-order valence-electron chi connectivity index (χ4n) is 1.89. The van der Waals surface area contributed by atoms with Crippen molar-refractivity contribution in [1.29, 1.82) is 0 Å². The molecule has 0 fully saturated rings. The Bertz CT molecular complexity index is 585. The van der Waals surface area contributed by atoms with Gasteiger partial charge in [-0.05, 0) is 31.5 Å². The van der Waals surface area contributed by atoms with Crippen molar-refractivity contribution in [2.75, 3.05) is 26.7 Å². The number of carbonyl (C=O) groups excluding carboxylic acids is 2. The quantitative estimate of drug-likeness (QED) is 0.792. The summed E-state index contributed by atoms with van der Waals surface area (Å²) in [7, 11) is 1.61. The lowest BCUT2D eigenvalue weighted by atomic mass is 10.0. The predicted octanol–water partition coefficient (Wildman–Crippen LogP) is 0.513. The number of nitrogens with zero attached hydrogens (tertiary/aromatic N) is 1. The first-order valence-electron chi connectivity index (χ1n) is 6.82. The van der Waals surface area contributed by atoms with Crippen LogP contribution < -0.4 is 11.1 Å². The number of nitrogens with two attached hydrogens (primary N) is 1. The first-order chi connectivity index (χ1) is 10.0. The molecule has 1 aromatic rings. The first kappa shape index (κ1) is 16.7. The average Bonchev–Trinajstić information content (AvgIpc) is 2.45. The monoisotopic (exact) mass is 287 g/mol. The highest BCUT2D eigenvalue weighted by Gasteiger charge is 2.17. The van der Waals surface area contributed by atoms with Crippen LogP contribution in [0.2, 0.25) is 0 Å². The van der Waals surface area contributed by atoms with Gasteiger partial charge in [-0.15, -0.1) is 0 Å². The molecule has 5 nitrogen and oxygen atoms in total. The molecule has 1 rings (SSSR count). The van der Waals surface area contributed by atoms with Gasteiger partial charge in [0.05, 0.1) is 13.1 Å². The Morgan fingerprint density at radius 2 is 2.10 bits per heavy atom. The highest BCUT2D eigenvalue weighted by molar-refractivity contribution is 5.98. The molecule has 21 heavy (non-hydrogen) atoms. The van der Waals surface area contributed by atoms with Gasteiger partial charge in [0.2, 0.25) is 5.91 Å². The molecule has 1 aromatic carbocycles. The predicted molar refractivity (Wildman–Crippen MR) is 82.8 cm³/mol. The minimum atomic E-state index is -0.199. The van der Waals surface area contributed by atoms with Crippen LogP contribution in [0.15, 0.2) is 18.2 Å². The number of hydrogen-bond acceptors (Lipinski definition) is 3. The molecule has 2 amide bonds. The molecular weight excluding hydrogens is 266 g/mol. The summed E-state index contributed by atoms with van der Waals surface area (Å²) >= 11 is 0. The van der Waals surface area contributed by atoms with Crippen molar-refractivity contribution in [3.05, 3.63) is 34.9 Å². The van der Waals surface area contributed by atoms with Crippen LogP contribution in [-0.2, 0) is 4.79 Å². The van der Waals surface area contributed by atoms with Crippen molar-refractivity contribution in [2.45, 2.75) is 13.8 Å². The second-order valence-electron chi connectivity index (χ2n) is 4.60. The number of carbonyl (C=O) groups is 2. The van der Waals surface area contributed by atoms with E-state index < -0.39 is 0 Å². The van der Waals surface area contributed by atoms with E-state index in [1.165, 1.54) is 4.90 Å². The molecule has 0 saturated heterocycles. The minimum absolute atomic E-state index is 0.0326. The Labute approximate surface area is 125 Å². The normalized spacial score (nSPS) is 9.52. The van der Waals surface area contributed by atoms with Crippen molar-refractivity contribution in [1.82, 2.24) is 10.2 Å². The van der Waals surface area contributed by atoms with Gasteiger partial charge < -0.3 is 16.0 Å². The number of rotatable bonds is 4. The van der Waals surface area contributed by atoms with E-state index >= 15 is 0 Å². The molecule has 0 bridgehead atoms. The number of hydrogen-bond donors (Lipinski definition) is 2. The van der Waals surface area contributed by atoms with E-state index in [4.69, 9.17) is 5.73 Å². The zero-order valence-corrected chi connectivity index (χ0v) is 12.7. The molecule has 5 heteroatoms. The summed E-state index contributed by atoms with van der Waals surface area (Å²) in [5, 5.41) is 2.67. The van der Waals surface area contributed by atoms with Gasteiger partial charge in [0, 0.05) is 24.7 Å². The second-order valence-corrected chi connectivity index (χ2v) is 4.60. The van der Waals surface area contributed by atoms with Crippen molar-refractivity contribution in [2.24, 2.45) is 5.73 Å². The van der Waals surface area contributed by atoms with Gasteiger partial charge in [-0.25, -0.2) is 0 Å². The van der Waals surface area contributed by atoms with Crippen molar-refractivity contribution >= 4 is 11.8 Å². The smallest absolute Gasteiger partial charge is 0.254 e. The largest absolute Gasteiger partial charge is 0.355 e. The molecule has 0 aliphatic heterocycles. The molecule has 0 radical (unpaired) electrons. The number of benzene rings is 1. The molecule has 0 aromatic heterocycles. The van der Waals surface area contributed by atoms with Gasteiger partial charge in [0.15, 0.2) is 0 Å². The van der Waals surface area contributed by atoms with Crippen molar-refractivity contribution in [3.8, 4) is 11.8 Å². The molecule has 0 spiro atoms. The maximum atomic E-state index is 12.4. The maximum Gasteiger partial charge on any atom is 0.254 e. The van der Waals surface area contributed by atoms with Crippen LogP contribution in [-0.4, -0.2) is 43.4 Å².